The molecule has 0 aliphatic rings. The van der Waals surface area contributed by atoms with Gasteiger partial charge in [-0.25, -0.2) is 9.66 Å². The first kappa shape index (κ1) is 17.9. The van der Waals surface area contributed by atoms with Crippen molar-refractivity contribution in [2.75, 3.05) is 18.3 Å². The summed E-state index contributed by atoms with van der Waals surface area (Å²) in [7, 11) is 1.57. The molecule has 1 aromatic heterocycles. The van der Waals surface area contributed by atoms with Gasteiger partial charge in [0.2, 0.25) is 5.91 Å². The fraction of sp³-hybridized carbons (Fsp3) is 0.158. The van der Waals surface area contributed by atoms with Crippen LogP contribution in [-0.4, -0.2) is 27.9 Å². The van der Waals surface area contributed by atoms with Crippen LogP contribution in [0.4, 0.5) is 5.69 Å². The molecule has 0 saturated heterocycles. The Morgan fingerprint density at radius 2 is 1.88 bits per heavy atom. The number of methoxy groups -OCH3 is 1. The Kier molecular flexibility index (Phi) is 5.48. The van der Waals surface area contributed by atoms with Crippen molar-refractivity contribution in [3.63, 3.8) is 0 Å². The second kappa shape index (κ2) is 7.97. The van der Waals surface area contributed by atoms with Gasteiger partial charge in [0.25, 0.3) is 0 Å². The lowest BCUT2D eigenvalue weighted by Gasteiger charge is -2.13. The number of amides is 1. The average molecular weight is 368 g/mol. The first-order chi connectivity index (χ1) is 12.6. The van der Waals surface area contributed by atoms with Crippen LogP contribution in [0.15, 0.2) is 66.0 Å². The number of nitrogen functional groups attached to an aromatic ring is 1. The van der Waals surface area contributed by atoms with Crippen LogP contribution < -0.4 is 15.9 Å². The SMILES string of the molecule is COc1ccccc1NC(=O)[C@H](C)Sc1nc(-c2ccccc2)cn1N. The van der Waals surface area contributed by atoms with Gasteiger partial charge >= 0.3 is 0 Å². The molecule has 3 rings (SSSR count). The molecule has 3 aromatic rings. The van der Waals surface area contributed by atoms with Crippen LogP contribution in [0.2, 0.25) is 0 Å². The van der Waals surface area contributed by atoms with Gasteiger partial charge in [0.15, 0.2) is 5.16 Å². The van der Waals surface area contributed by atoms with Crippen LogP contribution in [0.1, 0.15) is 6.92 Å². The van der Waals surface area contributed by atoms with Crippen molar-refractivity contribution in [2.45, 2.75) is 17.3 Å². The standard InChI is InChI=1S/C19H20N4O2S/c1-13(18(24)21-15-10-6-7-11-17(15)25-2)26-19-22-16(12-23(19)20)14-8-4-3-5-9-14/h3-13H,20H2,1-2H3,(H,21,24)/t13-/m0/s1. The van der Waals surface area contributed by atoms with Crippen LogP contribution in [0.25, 0.3) is 11.3 Å². The van der Waals surface area contributed by atoms with Gasteiger partial charge in [-0.2, -0.15) is 0 Å². The number of carbonyl (C=O) groups excluding carboxylic acids is 1. The summed E-state index contributed by atoms with van der Waals surface area (Å²) in [4.78, 5) is 17.0. The summed E-state index contributed by atoms with van der Waals surface area (Å²) >= 11 is 1.30. The number of ether oxygens (including phenoxy) is 1. The number of anilines is 1. The maximum atomic E-state index is 12.5. The van der Waals surface area contributed by atoms with Gasteiger partial charge in [-0.1, -0.05) is 54.2 Å². The number of hydrogen-bond acceptors (Lipinski definition) is 5. The number of aromatic nitrogens is 2. The van der Waals surface area contributed by atoms with Crippen LogP contribution in [-0.2, 0) is 4.79 Å². The molecular formula is C19H20N4O2S. The summed E-state index contributed by atoms with van der Waals surface area (Å²) in [6, 6.07) is 17.1. The molecule has 0 aliphatic carbocycles. The van der Waals surface area contributed by atoms with Gasteiger partial charge in [-0.15, -0.1) is 0 Å². The van der Waals surface area contributed by atoms with E-state index in [1.54, 1.807) is 25.4 Å². The van der Waals surface area contributed by atoms with E-state index in [2.05, 4.69) is 10.3 Å². The molecule has 0 fully saturated rings. The third-order valence-corrected chi connectivity index (χ3v) is 4.86. The second-order valence-electron chi connectivity index (χ2n) is 5.63. The molecule has 134 valence electrons. The molecular weight excluding hydrogens is 348 g/mol. The minimum Gasteiger partial charge on any atom is -0.495 e. The van der Waals surface area contributed by atoms with E-state index < -0.39 is 0 Å². The number of imidazole rings is 1. The third kappa shape index (κ3) is 4.00. The number of nitrogens with one attached hydrogen (secondary N) is 1. The number of para-hydroxylation sites is 2. The Hall–Kier alpha value is -2.93. The maximum absolute atomic E-state index is 12.5. The lowest BCUT2D eigenvalue weighted by atomic mass is 10.2. The molecule has 0 spiro atoms. The van der Waals surface area contributed by atoms with E-state index in [-0.39, 0.29) is 11.2 Å². The van der Waals surface area contributed by atoms with E-state index in [1.165, 1.54) is 16.4 Å². The van der Waals surface area contributed by atoms with Crippen LogP contribution in [0.5, 0.6) is 5.75 Å². The summed E-state index contributed by atoms with van der Waals surface area (Å²) < 4.78 is 6.70. The smallest absolute Gasteiger partial charge is 0.237 e. The first-order valence-electron chi connectivity index (χ1n) is 8.09. The number of benzene rings is 2. The summed E-state index contributed by atoms with van der Waals surface area (Å²) in [5.41, 5.74) is 2.38. The molecule has 1 atom stereocenters. The van der Waals surface area contributed by atoms with Crippen molar-refractivity contribution in [3.05, 3.63) is 60.8 Å². The number of thioether (sulfide) groups is 1. The minimum absolute atomic E-state index is 0.149. The molecule has 0 unspecified atom stereocenters. The van der Waals surface area contributed by atoms with Crippen molar-refractivity contribution >= 4 is 23.4 Å². The van der Waals surface area contributed by atoms with Gasteiger partial charge in [0, 0.05) is 5.56 Å². The highest BCUT2D eigenvalue weighted by Gasteiger charge is 2.19. The molecule has 26 heavy (non-hydrogen) atoms. The van der Waals surface area contributed by atoms with Crippen molar-refractivity contribution < 1.29 is 9.53 Å². The van der Waals surface area contributed by atoms with E-state index in [9.17, 15) is 4.79 Å². The van der Waals surface area contributed by atoms with Gasteiger partial charge < -0.3 is 15.9 Å². The topological polar surface area (TPSA) is 82.2 Å². The molecule has 7 heteroatoms. The van der Waals surface area contributed by atoms with E-state index in [0.29, 0.717) is 16.6 Å². The molecule has 0 bridgehead atoms. The highest BCUT2D eigenvalue weighted by Crippen LogP contribution is 2.28. The Balaban J connectivity index is 1.71. The fourth-order valence-corrected chi connectivity index (χ4v) is 3.21. The van der Waals surface area contributed by atoms with Crippen molar-refractivity contribution in [2.24, 2.45) is 0 Å². The zero-order chi connectivity index (χ0) is 18.5. The normalized spacial score (nSPS) is 11.8. The number of nitrogens with two attached hydrogens (primary N) is 1. The molecule has 0 radical (unpaired) electrons. The van der Waals surface area contributed by atoms with E-state index in [0.717, 1.165) is 11.3 Å². The Bertz CT molecular complexity index is 896. The van der Waals surface area contributed by atoms with Gasteiger partial charge in [-0.05, 0) is 19.1 Å². The largest absolute Gasteiger partial charge is 0.495 e. The Morgan fingerprint density at radius 1 is 1.19 bits per heavy atom. The monoisotopic (exact) mass is 368 g/mol. The maximum Gasteiger partial charge on any atom is 0.237 e. The third-order valence-electron chi connectivity index (χ3n) is 3.78. The Labute approximate surface area is 156 Å². The summed E-state index contributed by atoms with van der Waals surface area (Å²) in [5, 5.41) is 3.07. The van der Waals surface area contributed by atoms with Gasteiger partial charge in [0.05, 0.1) is 29.9 Å². The predicted octanol–water partition coefficient (Wildman–Crippen LogP) is 3.39. The number of nitrogens with zero attached hydrogens (tertiary/aromatic N) is 2. The van der Waals surface area contributed by atoms with Gasteiger partial charge in [0.1, 0.15) is 5.75 Å². The summed E-state index contributed by atoms with van der Waals surface area (Å²) in [6.45, 7) is 1.81. The highest BCUT2D eigenvalue weighted by atomic mass is 32.2. The van der Waals surface area contributed by atoms with Crippen LogP contribution >= 0.6 is 11.8 Å². The molecule has 3 N–H and O–H groups in total. The van der Waals surface area contributed by atoms with Crippen LogP contribution in [0, 0.1) is 0 Å². The first-order valence-corrected chi connectivity index (χ1v) is 8.97. The van der Waals surface area contributed by atoms with E-state index in [1.807, 2.05) is 49.4 Å². The summed E-state index contributed by atoms with van der Waals surface area (Å²) in [6.07, 6.45) is 1.75. The second-order valence-corrected chi connectivity index (χ2v) is 6.94. The molecule has 0 aliphatic heterocycles. The molecule has 6 nitrogen and oxygen atoms in total. The van der Waals surface area contributed by atoms with Crippen molar-refractivity contribution in [3.8, 4) is 17.0 Å². The fourth-order valence-electron chi connectivity index (χ4n) is 2.41. The quantitative estimate of drug-likeness (QED) is 0.515. The molecule has 2 aromatic carbocycles. The Morgan fingerprint density at radius 3 is 2.62 bits per heavy atom. The summed E-state index contributed by atoms with van der Waals surface area (Å²) in [5.74, 6) is 6.47. The van der Waals surface area contributed by atoms with E-state index in [4.69, 9.17) is 10.6 Å². The highest BCUT2D eigenvalue weighted by molar-refractivity contribution is 8.00. The lowest BCUT2D eigenvalue weighted by molar-refractivity contribution is -0.115. The zero-order valence-electron chi connectivity index (χ0n) is 14.5. The van der Waals surface area contributed by atoms with Crippen molar-refractivity contribution in [1.29, 1.82) is 0 Å². The van der Waals surface area contributed by atoms with E-state index >= 15 is 0 Å². The minimum atomic E-state index is -0.381. The number of carbonyl (C=O) groups is 1. The predicted molar refractivity (Wildman–Crippen MR) is 105 cm³/mol. The van der Waals surface area contributed by atoms with Crippen molar-refractivity contribution in [1.82, 2.24) is 9.66 Å². The average Bonchev–Trinajstić information content (AvgIpc) is 3.03. The zero-order valence-corrected chi connectivity index (χ0v) is 15.4. The van der Waals surface area contributed by atoms with Crippen LogP contribution in [0.3, 0.4) is 0 Å². The van der Waals surface area contributed by atoms with Gasteiger partial charge in [-0.3, -0.25) is 4.79 Å². The molecule has 0 saturated carbocycles. The molecule has 1 amide bonds. The lowest BCUT2D eigenvalue weighted by Crippen LogP contribution is -2.23. The molecule has 1 heterocycles. The number of rotatable bonds is 6. The number of hydrogen-bond donors (Lipinski definition) is 2.